The largest absolute Gasteiger partial charge is 0.497 e. The molecule has 3 aromatic rings. The van der Waals surface area contributed by atoms with E-state index < -0.39 is 12.1 Å². The van der Waals surface area contributed by atoms with Crippen LogP contribution >= 0.6 is 11.8 Å². The number of carboxylic acid groups (broad SMARTS) is 1. The second kappa shape index (κ2) is 13.7. The monoisotopic (exact) mass is 526 g/mol. The molecule has 1 aliphatic heterocycles. The van der Waals surface area contributed by atoms with Crippen LogP contribution in [0, 0.1) is 11.8 Å². The van der Waals surface area contributed by atoms with Gasteiger partial charge < -0.3 is 14.7 Å². The number of halogens is 1. The van der Waals surface area contributed by atoms with Crippen molar-refractivity contribution in [3.8, 4) is 5.75 Å². The van der Waals surface area contributed by atoms with E-state index in [9.17, 15) is 9.90 Å². The number of alkyl halides is 1. The number of aromatic nitrogens is 3. The number of hydrogen-bond acceptors (Lipinski definition) is 7. The first kappa shape index (κ1) is 27.3. The summed E-state index contributed by atoms with van der Waals surface area (Å²) in [6, 6.07) is 9.22. The van der Waals surface area contributed by atoms with Crippen LogP contribution in [0.1, 0.15) is 50.3 Å². The molecule has 0 aliphatic carbocycles. The third kappa shape index (κ3) is 7.85. The highest BCUT2D eigenvalue weighted by molar-refractivity contribution is 7.99. The molecule has 1 fully saturated rings. The van der Waals surface area contributed by atoms with Crippen LogP contribution in [0.5, 0.6) is 5.75 Å². The lowest BCUT2D eigenvalue weighted by atomic mass is 9.79. The molecule has 3 heterocycles. The number of methoxy groups -OCH3 is 1. The second-order valence-corrected chi connectivity index (χ2v) is 10.7. The number of aliphatic carboxylic acids is 1. The van der Waals surface area contributed by atoms with Gasteiger partial charge >= 0.3 is 5.97 Å². The van der Waals surface area contributed by atoms with Crippen LogP contribution in [0.2, 0.25) is 0 Å². The number of likely N-dealkylation sites (tertiary alicyclic amines) is 1. The molecule has 1 unspecified atom stereocenters. The molecule has 0 saturated carbocycles. The molecule has 37 heavy (non-hydrogen) atoms. The van der Waals surface area contributed by atoms with Gasteiger partial charge in [-0.3, -0.25) is 9.78 Å². The molecular formula is C28H35FN4O3S. The lowest BCUT2D eigenvalue weighted by molar-refractivity contribution is -0.137. The van der Waals surface area contributed by atoms with Crippen molar-refractivity contribution >= 4 is 28.6 Å². The van der Waals surface area contributed by atoms with Crippen molar-refractivity contribution in [1.29, 1.82) is 0 Å². The van der Waals surface area contributed by atoms with Gasteiger partial charge in [0.15, 0.2) is 0 Å². The number of pyridine rings is 1. The summed E-state index contributed by atoms with van der Waals surface area (Å²) in [7, 11) is 1.60. The summed E-state index contributed by atoms with van der Waals surface area (Å²) in [5.41, 5.74) is 1.40. The third-order valence-electron chi connectivity index (χ3n) is 7.24. The quantitative estimate of drug-likeness (QED) is 0.170. The molecule has 7 nitrogen and oxygen atoms in total. The number of rotatable bonds is 13. The molecule has 0 amide bonds. The molecule has 198 valence electrons. The Hall–Kier alpha value is -2.78. The average molecular weight is 527 g/mol. The molecule has 1 aromatic carbocycles. The van der Waals surface area contributed by atoms with Crippen LogP contribution in [-0.4, -0.2) is 63.4 Å². The summed E-state index contributed by atoms with van der Waals surface area (Å²) in [5.74, 6) is 1.49. The summed E-state index contributed by atoms with van der Waals surface area (Å²) >= 11 is 1.73. The third-order valence-corrected chi connectivity index (χ3v) is 8.27. The van der Waals surface area contributed by atoms with Gasteiger partial charge in [-0.25, -0.2) is 14.4 Å². The Morgan fingerprint density at radius 2 is 2.11 bits per heavy atom. The van der Waals surface area contributed by atoms with Gasteiger partial charge in [-0.15, -0.1) is 11.8 Å². The Morgan fingerprint density at radius 1 is 1.22 bits per heavy atom. The zero-order valence-corrected chi connectivity index (χ0v) is 22.1. The number of benzene rings is 1. The van der Waals surface area contributed by atoms with Gasteiger partial charge in [-0.1, -0.05) is 0 Å². The van der Waals surface area contributed by atoms with Gasteiger partial charge in [0, 0.05) is 36.5 Å². The summed E-state index contributed by atoms with van der Waals surface area (Å²) < 4.78 is 20.9. The predicted molar refractivity (Wildman–Crippen MR) is 144 cm³/mol. The zero-order chi connectivity index (χ0) is 26.0. The topological polar surface area (TPSA) is 88.4 Å². The first-order chi connectivity index (χ1) is 18.0. The molecule has 1 saturated heterocycles. The van der Waals surface area contributed by atoms with Crippen molar-refractivity contribution in [3.63, 3.8) is 0 Å². The fourth-order valence-corrected chi connectivity index (χ4v) is 6.03. The fourth-order valence-electron chi connectivity index (χ4n) is 5.27. The number of hydrogen-bond donors (Lipinski definition) is 1. The standard InChI is InChI=1S/C28H35FN4O3S/c1-36-22-5-7-26-24(17-22)23(9-13-31-26)25(29)6-3-20-11-15-33(18-21(20)4-8-28(34)35)14-2-16-37-27-10-12-30-19-32-27/h5,7,9-10,12-13,17,19-21,25H,2-4,6,8,11,14-16,18H2,1H3,(H,34,35)/t20-,21+,25?/m1/s1. The molecule has 9 heteroatoms. The van der Waals surface area contributed by atoms with E-state index in [0.29, 0.717) is 30.1 Å². The van der Waals surface area contributed by atoms with Crippen LogP contribution in [0.3, 0.4) is 0 Å². The van der Waals surface area contributed by atoms with Crippen molar-refractivity contribution in [3.05, 3.63) is 54.6 Å². The van der Waals surface area contributed by atoms with Crippen molar-refractivity contribution in [2.75, 3.05) is 32.5 Å². The molecule has 0 bridgehead atoms. The van der Waals surface area contributed by atoms with E-state index in [1.165, 1.54) is 0 Å². The van der Waals surface area contributed by atoms with Crippen LogP contribution in [-0.2, 0) is 4.79 Å². The Balaban J connectivity index is 1.32. The summed E-state index contributed by atoms with van der Waals surface area (Å²) in [4.78, 5) is 26.3. The lowest BCUT2D eigenvalue weighted by Gasteiger charge is -2.39. The average Bonchev–Trinajstić information content (AvgIpc) is 2.93. The first-order valence-electron chi connectivity index (χ1n) is 12.9. The van der Waals surface area contributed by atoms with Gasteiger partial charge in [0.2, 0.25) is 0 Å². The van der Waals surface area contributed by atoms with Crippen LogP contribution < -0.4 is 4.74 Å². The van der Waals surface area contributed by atoms with Gasteiger partial charge in [0.25, 0.3) is 0 Å². The van der Waals surface area contributed by atoms with Crippen LogP contribution in [0.4, 0.5) is 4.39 Å². The van der Waals surface area contributed by atoms with E-state index in [1.807, 2.05) is 24.3 Å². The first-order valence-corrected chi connectivity index (χ1v) is 13.9. The SMILES string of the molecule is COc1ccc2nccc(C(F)CC[C@@H]3CCN(CCCSc4ccncn4)C[C@@H]3CCC(=O)O)c2c1. The molecule has 3 atom stereocenters. The maximum atomic E-state index is 15.5. The number of nitrogens with zero attached hydrogens (tertiary/aromatic N) is 4. The minimum absolute atomic E-state index is 0.159. The number of fused-ring (bicyclic) bond motifs is 1. The summed E-state index contributed by atoms with van der Waals surface area (Å²) in [5, 5.41) is 11.0. The lowest BCUT2D eigenvalue weighted by Crippen LogP contribution is -2.41. The number of piperidine rings is 1. The van der Waals surface area contributed by atoms with E-state index >= 15 is 4.39 Å². The Labute approximate surface area is 221 Å². The van der Waals surface area contributed by atoms with Crippen LogP contribution in [0.15, 0.2) is 54.1 Å². The summed E-state index contributed by atoms with van der Waals surface area (Å²) in [6.07, 6.45) is 7.85. The highest BCUT2D eigenvalue weighted by Crippen LogP contribution is 2.36. The van der Waals surface area contributed by atoms with Gasteiger partial charge in [0.05, 0.1) is 17.7 Å². The molecule has 4 rings (SSSR count). The molecular weight excluding hydrogens is 491 g/mol. The Bertz CT molecular complexity index is 1150. The predicted octanol–water partition coefficient (Wildman–Crippen LogP) is 5.81. The zero-order valence-electron chi connectivity index (χ0n) is 21.3. The molecule has 1 aliphatic rings. The number of thioether (sulfide) groups is 1. The van der Waals surface area contributed by atoms with Crippen LogP contribution in [0.25, 0.3) is 10.9 Å². The van der Waals surface area contributed by atoms with Gasteiger partial charge in [-0.05, 0) is 92.9 Å². The van der Waals surface area contributed by atoms with E-state index in [1.54, 1.807) is 43.7 Å². The van der Waals surface area contributed by atoms with Crippen molar-refractivity contribution in [2.24, 2.45) is 11.8 Å². The highest BCUT2D eigenvalue weighted by atomic mass is 32.2. The minimum Gasteiger partial charge on any atom is -0.497 e. The Kier molecular flexibility index (Phi) is 10.1. The maximum absolute atomic E-state index is 15.5. The van der Waals surface area contributed by atoms with E-state index in [0.717, 1.165) is 60.6 Å². The molecule has 0 radical (unpaired) electrons. The van der Waals surface area contributed by atoms with Crippen molar-refractivity contribution in [1.82, 2.24) is 19.9 Å². The summed E-state index contributed by atoms with van der Waals surface area (Å²) in [6.45, 7) is 2.83. The van der Waals surface area contributed by atoms with E-state index in [-0.39, 0.29) is 12.3 Å². The smallest absolute Gasteiger partial charge is 0.303 e. The number of carbonyl (C=O) groups is 1. The van der Waals surface area contributed by atoms with Crippen molar-refractivity contribution in [2.45, 2.75) is 49.7 Å². The number of ether oxygens (including phenoxy) is 1. The molecule has 1 N–H and O–H groups in total. The van der Waals surface area contributed by atoms with Gasteiger partial charge in [-0.2, -0.15) is 0 Å². The van der Waals surface area contributed by atoms with Gasteiger partial charge in [0.1, 0.15) is 18.2 Å². The second-order valence-electron chi connectivity index (χ2n) is 9.62. The van der Waals surface area contributed by atoms with E-state index in [2.05, 4.69) is 19.9 Å². The normalized spacial score (nSPS) is 19.1. The molecule has 2 aromatic heterocycles. The number of carboxylic acids is 1. The minimum atomic E-state index is -1.10. The Morgan fingerprint density at radius 3 is 2.89 bits per heavy atom. The maximum Gasteiger partial charge on any atom is 0.303 e. The highest BCUT2D eigenvalue weighted by Gasteiger charge is 2.30. The molecule has 0 spiro atoms. The van der Waals surface area contributed by atoms with E-state index in [4.69, 9.17) is 4.74 Å². The van der Waals surface area contributed by atoms with Crippen molar-refractivity contribution < 1.29 is 19.0 Å². The fraction of sp³-hybridized carbons (Fsp3) is 0.500.